The molecule has 0 nitrogen and oxygen atoms in total. The van der Waals surface area contributed by atoms with Gasteiger partial charge in [0.05, 0.1) is 0 Å². The van der Waals surface area contributed by atoms with Gasteiger partial charge in [-0.25, -0.2) is 0 Å². The fourth-order valence-electron chi connectivity index (χ4n) is 19.8. The van der Waals surface area contributed by atoms with Gasteiger partial charge in [-0.3, -0.25) is 0 Å². The average Bonchev–Trinajstić information content (AvgIpc) is 1.48. The summed E-state index contributed by atoms with van der Waals surface area (Å²) < 4.78 is 0. The summed E-state index contributed by atoms with van der Waals surface area (Å²) in [7, 11) is 0. The predicted molar refractivity (Wildman–Crippen MR) is 398 cm³/mol. The van der Waals surface area contributed by atoms with Gasteiger partial charge in [0, 0.05) is 0 Å². The van der Waals surface area contributed by atoms with Crippen molar-refractivity contribution in [3.63, 3.8) is 0 Å². The highest BCUT2D eigenvalue weighted by molar-refractivity contribution is 6.39. The van der Waals surface area contributed by atoms with E-state index in [4.69, 9.17) is 0 Å². The molecule has 0 aliphatic heterocycles. The molecule has 17 aromatic carbocycles. The second-order valence-electron chi connectivity index (χ2n) is 27.2. The minimum absolute atomic E-state index is 1.07. The van der Waals surface area contributed by atoms with Crippen LogP contribution in [-0.4, -0.2) is 0 Å². The van der Waals surface area contributed by atoms with Gasteiger partial charge in [0.25, 0.3) is 0 Å². The third kappa shape index (κ3) is 5.71. The van der Waals surface area contributed by atoms with Crippen LogP contribution in [0.15, 0.2) is 279 Å². The lowest BCUT2D eigenvalue weighted by atomic mass is 9.79. The van der Waals surface area contributed by atoms with Gasteiger partial charge in [-0.15, -0.1) is 0 Å². The topological polar surface area (TPSA) is 0 Å². The third-order valence-corrected chi connectivity index (χ3v) is 23.2. The first-order valence-corrected chi connectivity index (χ1v) is 33.5. The van der Waals surface area contributed by atoms with Crippen LogP contribution >= 0.6 is 0 Å². The molecular formula is C94H50. The monoisotopic (exact) mass is 1180 g/mol. The summed E-state index contributed by atoms with van der Waals surface area (Å²) in [6.07, 6.45) is 6.91. The van der Waals surface area contributed by atoms with Gasteiger partial charge >= 0.3 is 0 Å². The largest absolute Gasteiger partial charge is 0.0836 e. The van der Waals surface area contributed by atoms with Gasteiger partial charge < -0.3 is 0 Å². The van der Waals surface area contributed by atoms with Gasteiger partial charge in [-0.1, -0.05) is 279 Å². The number of allylic oxidation sites excluding steroid dienone is 4. The molecular weight excluding hydrogens is 1130 g/mol. The molecule has 426 valence electrons. The van der Waals surface area contributed by atoms with Crippen LogP contribution in [-0.2, 0) is 0 Å². The van der Waals surface area contributed by atoms with Crippen LogP contribution in [0, 0.1) is 0 Å². The first-order valence-electron chi connectivity index (χ1n) is 33.5. The lowest BCUT2D eigenvalue weighted by molar-refractivity contribution is 1.06. The Hall–Kier alpha value is -12.0. The van der Waals surface area contributed by atoms with Crippen LogP contribution in [0.25, 0.3) is 242 Å². The van der Waals surface area contributed by atoms with E-state index in [0.29, 0.717) is 0 Å². The Kier molecular flexibility index (Phi) is 8.90. The lowest BCUT2D eigenvalue weighted by Gasteiger charge is -2.23. The maximum atomic E-state index is 2.56. The van der Waals surface area contributed by atoms with Gasteiger partial charge in [0.15, 0.2) is 0 Å². The smallest absolute Gasteiger partial charge is 0.000718 e. The molecule has 0 saturated carbocycles. The van der Waals surface area contributed by atoms with Crippen LogP contribution in [0.1, 0.15) is 24.0 Å². The molecule has 0 bridgehead atoms. The summed E-state index contributed by atoms with van der Waals surface area (Å²) in [5.41, 5.74) is 42.3. The zero-order chi connectivity index (χ0) is 60.5. The summed E-state index contributed by atoms with van der Waals surface area (Å²) in [6.45, 7) is 0. The van der Waals surface area contributed by atoms with Crippen LogP contribution in [0.4, 0.5) is 0 Å². The number of benzene rings is 17. The standard InChI is InChI=1S/C94H50/c1-5-21-53-49(17-1)57-29-13-33-61-73(41-37-69(53)81(57)61)85-65-25-9-10-26-66(65)86(74-42-38-70-54-22-6-2-18-50(54)58-30-14-34-62(74)82(58)70)92-78-47-48-80-90-79(46-45-77(89(78)90)91(85)92)93-87(75-43-39-71-55-23-7-3-19-51(55)59-31-15-35-63(75)83(59)71)67-27-11-12-28-68(67)88(94(80)93)76-44-40-72-56-24-8-4-20-52(56)60-32-16-36-64(76)84(60)72/h1-7,9-23,25-48H,8,24H2. The molecule has 0 radical (unpaired) electrons. The van der Waals surface area contributed by atoms with E-state index in [-0.39, 0.29) is 0 Å². The third-order valence-electron chi connectivity index (χ3n) is 23.2. The summed E-state index contributed by atoms with van der Waals surface area (Å²) in [4.78, 5) is 0. The summed E-state index contributed by atoms with van der Waals surface area (Å²) in [5, 5.41) is 18.4. The lowest BCUT2D eigenvalue weighted by Crippen LogP contribution is -1.96. The van der Waals surface area contributed by atoms with Gasteiger partial charge in [0.2, 0.25) is 0 Å². The van der Waals surface area contributed by atoms with Crippen molar-refractivity contribution in [1.29, 1.82) is 0 Å². The quantitative estimate of drug-likeness (QED) is 0.165. The first kappa shape index (κ1) is 48.8. The van der Waals surface area contributed by atoms with Crippen molar-refractivity contribution in [2.45, 2.75) is 12.8 Å². The zero-order valence-electron chi connectivity index (χ0n) is 51.0. The van der Waals surface area contributed by atoms with E-state index in [1.54, 1.807) is 0 Å². The average molecular weight is 1180 g/mol. The van der Waals surface area contributed by atoms with Gasteiger partial charge in [0.1, 0.15) is 0 Å². The fraction of sp³-hybridized carbons (Fsp3) is 0.0213. The van der Waals surface area contributed by atoms with Crippen LogP contribution in [0.3, 0.4) is 0 Å². The Morgan fingerprint density at radius 2 is 0.404 bits per heavy atom. The number of hydrogen-bond donors (Lipinski definition) is 0. The molecule has 0 unspecified atom stereocenters. The molecule has 17 aromatic rings. The highest BCUT2D eigenvalue weighted by atomic mass is 14.4. The Morgan fingerprint density at radius 1 is 0.160 bits per heavy atom. The highest BCUT2D eigenvalue weighted by Gasteiger charge is 2.40. The molecule has 24 rings (SSSR count). The molecule has 7 aliphatic rings. The number of rotatable bonds is 4. The minimum Gasteiger partial charge on any atom is -0.0836 e. The van der Waals surface area contributed by atoms with Gasteiger partial charge in [-0.2, -0.15) is 0 Å². The maximum Gasteiger partial charge on any atom is -0.000718 e. The summed E-state index contributed by atoms with van der Waals surface area (Å²) in [6, 6.07) is 104. The fourth-order valence-corrected chi connectivity index (χ4v) is 19.8. The van der Waals surface area contributed by atoms with Crippen molar-refractivity contribution in [2.75, 3.05) is 0 Å². The first-order chi connectivity index (χ1) is 46.7. The molecule has 0 aromatic heterocycles. The van der Waals surface area contributed by atoms with Crippen LogP contribution < -0.4 is 0 Å². The molecule has 0 heteroatoms. The Morgan fingerprint density at radius 3 is 0.745 bits per heavy atom. The van der Waals surface area contributed by atoms with Crippen molar-refractivity contribution in [2.24, 2.45) is 0 Å². The predicted octanol–water partition coefficient (Wildman–Crippen LogP) is 26.2. The van der Waals surface area contributed by atoms with Crippen molar-refractivity contribution in [3.8, 4) is 156 Å². The van der Waals surface area contributed by atoms with E-state index >= 15 is 0 Å². The second kappa shape index (κ2) is 17.1. The Labute approximate surface area is 541 Å². The molecule has 0 saturated heterocycles. The van der Waals surface area contributed by atoms with E-state index in [0.717, 1.165) is 12.8 Å². The normalized spacial score (nSPS) is 13.8. The van der Waals surface area contributed by atoms with E-state index in [2.05, 4.69) is 279 Å². The molecule has 0 atom stereocenters. The van der Waals surface area contributed by atoms with Crippen LogP contribution in [0.5, 0.6) is 0 Å². The summed E-state index contributed by atoms with van der Waals surface area (Å²) >= 11 is 0. The SMILES string of the molecule is C1=CC2=C(CC1)c1ccc(-c3c4c(c(-c5ccc6c7c(cccc57)-c5ccccc5-6)c5ccccc35)-c3ccc5c6c(ccc-4c36)-c3c-5c(-c4ccc5c6c(cccc46)-c4ccccc4-5)c4ccccc4c3-c3ccc4c5c(cccc35)-c3ccccc3-4)c3cccc2c13. The van der Waals surface area contributed by atoms with Crippen molar-refractivity contribution in [1.82, 2.24) is 0 Å². The van der Waals surface area contributed by atoms with Crippen molar-refractivity contribution >= 4 is 86.6 Å². The maximum absolute atomic E-state index is 2.56. The molecule has 94 heavy (non-hydrogen) atoms. The van der Waals surface area contributed by atoms with E-state index in [1.807, 2.05) is 0 Å². The van der Waals surface area contributed by atoms with E-state index < -0.39 is 0 Å². The second-order valence-corrected chi connectivity index (χ2v) is 27.2. The van der Waals surface area contributed by atoms with E-state index in [9.17, 15) is 0 Å². The molecule has 0 spiro atoms. The summed E-state index contributed by atoms with van der Waals surface area (Å²) in [5.74, 6) is 0. The zero-order valence-corrected chi connectivity index (χ0v) is 51.0. The van der Waals surface area contributed by atoms with Crippen LogP contribution in [0.2, 0.25) is 0 Å². The molecule has 0 heterocycles. The van der Waals surface area contributed by atoms with E-state index in [1.165, 1.54) is 253 Å². The Balaban J connectivity index is 0.852. The van der Waals surface area contributed by atoms with Crippen molar-refractivity contribution in [3.05, 3.63) is 290 Å². The Bertz CT molecular complexity index is 6410. The molecule has 7 aliphatic carbocycles. The van der Waals surface area contributed by atoms with Gasteiger partial charge in [-0.05, 0) is 266 Å². The molecule has 0 N–H and O–H groups in total. The minimum atomic E-state index is 1.07. The number of fused-ring (bicyclic) bond motifs is 19. The molecule has 0 fully saturated rings. The molecule has 0 amide bonds. The number of hydrogen-bond acceptors (Lipinski definition) is 0. The highest BCUT2D eigenvalue weighted by Crippen LogP contribution is 2.67. The van der Waals surface area contributed by atoms with Crippen molar-refractivity contribution < 1.29 is 0 Å².